The fourth-order valence-corrected chi connectivity index (χ4v) is 3.49. The van der Waals surface area contributed by atoms with Gasteiger partial charge in [0.25, 0.3) is 0 Å². The van der Waals surface area contributed by atoms with Gasteiger partial charge in [-0.2, -0.15) is 4.37 Å². The van der Waals surface area contributed by atoms with E-state index in [1.165, 1.54) is 11.5 Å². The van der Waals surface area contributed by atoms with Crippen LogP contribution in [-0.4, -0.2) is 22.9 Å². The number of rotatable bonds is 5. The third-order valence-electron chi connectivity index (χ3n) is 2.92. The number of nitrogens with two attached hydrogens (primary N) is 1. The second kappa shape index (κ2) is 5.88. The molecule has 0 radical (unpaired) electrons. The predicted molar refractivity (Wildman–Crippen MR) is 85.1 cm³/mol. The lowest BCUT2D eigenvalue weighted by Gasteiger charge is -2.19. The molecule has 0 spiro atoms. The van der Waals surface area contributed by atoms with Crippen molar-refractivity contribution >= 4 is 33.7 Å². The van der Waals surface area contributed by atoms with Crippen LogP contribution in [0, 0.1) is 12.8 Å². The molecule has 0 saturated carbocycles. The number of aryl methyl sites for hydroxylation is 1. The molecule has 0 aliphatic carbocycles. The summed E-state index contributed by atoms with van der Waals surface area (Å²) >= 11 is 3.08. The Bertz CT molecular complexity index is 545. The number of hydrogen-bond acceptors (Lipinski definition) is 6. The van der Waals surface area contributed by atoms with Crippen molar-refractivity contribution in [3.8, 4) is 10.6 Å². The van der Waals surface area contributed by atoms with Crippen LogP contribution in [0.4, 0.5) is 10.8 Å². The highest BCUT2D eigenvalue weighted by atomic mass is 32.1. The molecule has 19 heavy (non-hydrogen) atoms. The molecule has 2 aromatic rings. The van der Waals surface area contributed by atoms with Gasteiger partial charge in [0, 0.05) is 24.7 Å². The number of aromatic nitrogens is 2. The van der Waals surface area contributed by atoms with E-state index in [1.807, 2.05) is 12.3 Å². The van der Waals surface area contributed by atoms with Crippen LogP contribution in [0.15, 0.2) is 5.38 Å². The monoisotopic (exact) mass is 296 g/mol. The van der Waals surface area contributed by atoms with Gasteiger partial charge in [-0.3, -0.25) is 0 Å². The zero-order chi connectivity index (χ0) is 14.0. The molecule has 0 aliphatic rings. The Balaban J connectivity index is 2.27. The maximum atomic E-state index is 6.02. The van der Waals surface area contributed by atoms with Gasteiger partial charge in [0.05, 0.1) is 5.56 Å². The van der Waals surface area contributed by atoms with E-state index in [0.717, 1.165) is 34.2 Å². The number of nitrogen functional groups attached to an aromatic ring is 1. The van der Waals surface area contributed by atoms with E-state index in [9.17, 15) is 0 Å². The van der Waals surface area contributed by atoms with Crippen LogP contribution in [-0.2, 0) is 0 Å². The second-order valence-corrected chi connectivity index (χ2v) is 6.76. The van der Waals surface area contributed by atoms with Crippen molar-refractivity contribution in [1.82, 2.24) is 9.36 Å². The maximum absolute atomic E-state index is 6.02. The smallest absolute Gasteiger partial charge is 0.149 e. The van der Waals surface area contributed by atoms with Gasteiger partial charge in [-0.15, -0.1) is 11.3 Å². The van der Waals surface area contributed by atoms with Crippen molar-refractivity contribution in [3.63, 3.8) is 0 Å². The van der Waals surface area contributed by atoms with Crippen LogP contribution in [0.3, 0.4) is 0 Å². The van der Waals surface area contributed by atoms with Crippen molar-refractivity contribution < 1.29 is 0 Å². The molecule has 0 bridgehead atoms. The van der Waals surface area contributed by atoms with E-state index in [2.05, 4.69) is 35.2 Å². The van der Waals surface area contributed by atoms with Gasteiger partial charge in [-0.05, 0) is 30.8 Å². The van der Waals surface area contributed by atoms with Crippen LogP contribution >= 0.6 is 22.9 Å². The van der Waals surface area contributed by atoms with Crippen molar-refractivity contribution in [2.45, 2.75) is 27.2 Å². The minimum Gasteiger partial charge on any atom is -0.382 e. The van der Waals surface area contributed by atoms with Crippen LogP contribution in [0.25, 0.3) is 10.6 Å². The largest absolute Gasteiger partial charge is 0.382 e. The van der Waals surface area contributed by atoms with Gasteiger partial charge in [0.2, 0.25) is 0 Å². The number of thiazole rings is 1. The molecule has 0 saturated heterocycles. The first kappa shape index (κ1) is 14.3. The Morgan fingerprint density at radius 2 is 2.16 bits per heavy atom. The molecule has 0 atom stereocenters. The number of anilines is 2. The first-order valence-electron chi connectivity index (χ1n) is 6.37. The van der Waals surface area contributed by atoms with E-state index in [0.29, 0.717) is 11.7 Å². The SMILES string of the molecule is Cc1csc(-c2c(N)nsc2N(C)CCC(C)C)n1. The van der Waals surface area contributed by atoms with E-state index in [1.54, 1.807) is 11.3 Å². The van der Waals surface area contributed by atoms with Gasteiger partial charge in [0.1, 0.15) is 15.8 Å². The quantitative estimate of drug-likeness (QED) is 0.915. The zero-order valence-corrected chi connectivity index (χ0v) is 13.4. The molecule has 4 nitrogen and oxygen atoms in total. The zero-order valence-electron chi connectivity index (χ0n) is 11.8. The fraction of sp³-hybridized carbons (Fsp3) is 0.538. The molecule has 104 valence electrons. The van der Waals surface area contributed by atoms with Crippen molar-refractivity contribution in [2.75, 3.05) is 24.2 Å². The average Bonchev–Trinajstić information content (AvgIpc) is 2.92. The molecular weight excluding hydrogens is 276 g/mol. The third-order valence-corrected chi connectivity index (χ3v) is 4.88. The lowest BCUT2D eigenvalue weighted by atomic mass is 10.1. The van der Waals surface area contributed by atoms with Crippen LogP contribution in [0.5, 0.6) is 0 Å². The Kier molecular flexibility index (Phi) is 4.42. The summed E-state index contributed by atoms with van der Waals surface area (Å²) in [5.41, 5.74) is 8.04. The number of nitrogens with zero attached hydrogens (tertiary/aromatic N) is 3. The van der Waals surface area contributed by atoms with Crippen LogP contribution in [0.2, 0.25) is 0 Å². The molecule has 0 amide bonds. The van der Waals surface area contributed by atoms with Crippen LogP contribution in [0.1, 0.15) is 26.0 Å². The normalized spacial score (nSPS) is 11.2. The minimum absolute atomic E-state index is 0.589. The summed E-state index contributed by atoms with van der Waals surface area (Å²) in [7, 11) is 2.10. The highest BCUT2D eigenvalue weighted by molar-refractivity contribution is 7.15. The van der Waals surface area contributed by atoms with Gasteiger partial charge < -0.3 is 10.6 Å². The van der Waals surface area contributed by atoms with E-state index in [-0.39, 0.29) is 0 Å². The molecule has 2 heterocycles. The molecule has 0 aromatic carbocycles. The van der Waals surface area contributed by atoms with E-state index >= 15 is 0 Å². The van der Waals surface area contributed by atoms with Gasteiger partial charge >= 0.3 is 0 Å². The molecule has 2 rings (SSSR count). The summed E-state index contributed by atoms with van der Waals surface area (Å²) < 4.78 is 4.29. The summed E-state index contributed by atoms with van der Waals surface area (Å²) in [5, 5.41) is 4.13. The second-order valence-electron chi connectivity index (χ2n) is 5.15. The first-order chi connectivity index (χ1) is 8.99. The summed E-state index contributed by atoms with van der Waals surface area (Å²) in [6.07, 6.45) is 1.16. The van der Waals surface area contributed by atoms with Crippen molar-refractivity contribution in [2.24, 2.45) is 5.92 Å². The standard InChI is InChI=1S/C13H20N4S2/c1-8(2)5-6-17(4)13-10(11(14)16-19-13)12-15-9(3)7-18-12/h7-8H,5-6H2,1-4H3,(H2,14,16). The summed E-state index contributed by atoms with van der Waals surface area (Å²) in [6, 6.07) is 0. The summed E-state index contributed by atoms with van der Waals surface area (Å²) in [4.78, 5) is 6.77. The van der Waals surface area contributed by atoms with E-state index < -0.39 is 0 Å². The molecule has 2 N–H and O–H groups in total. The Hall–Kier alpha value is -1.14. The molecular formula is C13H20N4S2. The summed E-state index contributed by atoms with van der Waals surface area (Å²) in [5.74, 6) is 1.28. The van der Waals surface area contributed by atoms with E-state index in [4.69, 9.17) is 5.73 Å². The lowest BCUT2D eigenvalue weighted by Crippen LogP contribution is -2.19. The Labute approximate surface area is 122 Å². The van der Waals surface area contributed by atoms with Crippen molar-refractivity contribution in [1.29, 1.82) is 0 Å². The minimum atomic E-state index is 0.589. The highest BCUT2D eigenvalue weighted by Crippen LogP contribution is 2.40. The van der Waals surface area contributed by atoms with Gasteiger partial charge in [-0.25, -0.2) is 4.98 Å². The fourth-order valence-electron chi connectivity index (χ4n) is 1.78. The molecule has 0 fully saturated rings. The molecule has 2 aromatic heterocycles. The highest BCUT2D eigenvalue weighted by Gasteiger charge is 2.19. The molecule has 0 aliphatic heterocycles. The van der Waals surface area contributed by atoms with Crippen molar-refractivity contribution in [3.05, 3.63) is 11.1 Å². The molecule has 0 unspecified atom stereocenters. The average molecular weight is 296 g/mol. The topological polar surface area (TPSA) is 55.0 Å². The maximum Gasteiger partial charge on any atom is 0.149 e. The first-order valence-corrected chi connectivity index (χ1v) is 8.03. The Morgan fingerprint density at radius 1 is 1.42 bits per heavy atom. The molecule has 6 heteroatoms. The number of hydrogen-bond donors (Lipinski definition) is 1. The van der Waals surface area contributed by atoms with Crippen LogP contribution < -0.4 is 10.6 Å². The van der Waals surface area contributed by atoms with Gasteiger partial charge in [-0.1, -0.05) is 13.8 Å². The lowest BCUT2D eigenvalue weighted by molar-refractivity contribution is 0.586. The summed E-state index contributed by atoms with van der Waals surface area (Å²) in [6.45, 7) is 7.48. The third kappa shape index (κ3) is 3.25. The predicted octanol–water partition coefficient (Wildman–Crippen LogP) is 3.64. The Morgan fingerprint density at radius 3 is 2.74 bits per heavy atom. The van der Waals surface area contributed by atoms with Gasteiger partial charge in [0.15, 0.2) is 0 Å².